The molecule has 0 spiro atoms. The first-order valence-electron chi connectivity index (χ1n) is 6.27. The lowest BCUT2D eigenvalue weighted by molar-refractivity contribution is 0.517. The van der Waals surface area contributed by atoms with Gasteiger partial charge >= 0.3 is 0 Å². The van der Waals surface area contributed by atoms with Crippen LogP contribution in [0.1, 0.15) is 32.3 Å². The largest absolute Gasteiger partial charge is 0.0651 e. The van der Waals surface area contributed by atoms with Gasteiger partial charge in [-0.15, -0.1) is 0 Å². The number of hydrogen-bond donors (Lipinski definition) is 0. The van der Waals surface area contributed by atoms with Crippen LogP contribution in [0.3, 0.4) is 0 Å². The lowest BCUT2D eigenvalue weighted by atomic mass is 9.97. The summed E-state index contributed by atoms with van der Waals surface area (Å²) in [5.41, 5.74) is 1.47. The Morgan fingerprint density at radius 2 is 1.75 bits per heavy atom. The highest BCUT2D eigenvalue weighted by atomic mass is 14.1. The fraction of sp³-hybridized carbons (Fsp3) is 0.375. The predicted molar refractivity (Wildman–Crippen MR) is 71.7 cm³/mol. The molecular formula is C16H20. The second-order valence-electron chi connectivity index (χ2n) is 4.73. The SMILES string of the molecule is CCC(C)CCc1ccc2ccccc2c1. The molecule has 2 rings (SSSR count). The summed E-state index contributed by atoms with van der Waals surface area (Å²) in [4.78, 5) is 0. The van der Waals surface area contributed by atoms with Gasteiger partial charge in [0, 0.05) is 0 Å². The average molecular weight is 212 g/mol. The zero-order valence-corrected chi connectivity index (χ0v) is 10.2. The van der Waals surface area contributed by atoms with Gasteiger partial charge < -0.3 is 0 Å². The summed E-state index contributed by atoms with van der Waals surface area (Å²) in [6.07, 6.45) is 3.79. The Balaban J connectivity index is 2.13. The quantitative estimate of drug-likeness (QED) is 0.681. The van der Waals surface area contributed by atoms with E-state index in [1.807, 2.05) is 0 Å². The summed E-state index contributed by atoms with van der Waals surface area (Å²) >= 11 is 0. The second-order valence-corrected chi connectivity index (χ2v) is 4.73. The summed E-state index contributed by atoms with van der Waals surface area (Å²) in [5.74, 6) is 0.839. The Hall–Kier alpha value is -1.30. The molecule has 0 bridgehead atoms. The molecule has 2 aromatic carbocycles. The van der Waals surface area contributed by atoms with E-state index in [9.17, 15) is 0 Å². The standard InChI is InChI=1S/C16H20/c1-3-13(2)8-9-14-10-11-15-6-4-5-7-16(15)12-14/h4-7,10-13H,3,8-9H2,1-2H3. The monoisotopic (exact) mass is 212 g/mol. The van der Waals surface area contributed by atoms with Gasteiger partial charge in [-0.1, -0.05) is 62.7 Å². The Morgan fingerprint density at radius 3 is 2.50 bits per heavy atom. The number of aryl methyl sites for hydroxylation is 1. The van der Waals surface area contributed by atoms with Gasteiger partial charge in [-0.05, 0) is 35.1 Å². The second kappa shape index (κ2) is 5.16. The van der Waals surface area contributed by atoms with Crippen LogP contribution in [-0.4, -0.2) is 0 Å². The van der Waals surface area contributed by atoms with E-state index in [0.717, 1.165) is 5.92 Å². The molecule has 0 heteroatoms. The first-order chi connectivity index (χ1) is 7.79. The predicted octanol–water partition coefficient (Wildman–Crippen LogP) is 4.82. The summed E-state index contributed by atoms with van der Waals surface area (Å²) < 4.78 is 0. The van der Waals surface area contributed by atoms with Crippen LogP contribution in [0.5, 0.6) is 0 Å². The number of fused-ring (bicyclic) bond motifs is 1. The summed E-state index contributed by atoms with van der Waals surface area (Å²) in [7, 11) is 0. The fourth-order valence-corrected chi connectivity index (χ4v) is 2.01. The summed E-state index contributed by atoms with van der Waals surface area (Å²) in [6, 6.07) is 15.4. The Bertz CT molecular complexity index is 456. The molecular weight excluding hydrogens is 192 g/mol. The van der Waals surface area contributed by atoms with Gasteiger partial charge in [-0.2, -0.15) is 0 Å². The molecule has 84 valence electrons. The van der Waals surface area contributed by atoms with Crippen LogP contribution in [-0.2, 0) is 6.42 Å². The van der Waals surface area contributed by atoms with Crippen molar-refractivity contribution >= 4 is 10.8 Å². The molecule has 1 atom stereocenters. The van der Waals surface area contributed by atoms with E-state index in [0.29, 0.717) is 0 Å². The third-order valence-corrected chi connectivity index (χ3v) is 3.44. The molecule has 0 saturated heterocycles. The molecule has 0 aromatic heterocycles. The molecule has 0 saturated carbocycles. The molecule has 0 heterocycles. The van der Waals surface area contributed by atoms with Crippen molar-refractivity contribution in [1.82, 2.24) is 0 Å². The lowest BCUT2D eigenvalue weighted by Gasteiger charge is -2.08. The van der Waals surface area contributed by atoms with E-state index in [2.05, 4.69) is 56.3 Å². The first kappa shape index (κ1) is 11.2. The molecule has 0 amide bonds. The van der Waals surface area contributed by atoms with E-state index in [1.165, 1.54) is 35.6 Å². The zero-order chi connectivity index (χ0) is 11.4. The van der Waals surface area contributed by atoms with E-state index in [4.69, 9.17) is 0 Å². The van der Waals surface area contributed by atoms with Gasteiger partial charge in [-0.3, -0.25) is 0 Å². The topological polar surface area (TPSA) is 0 Å². The molecule has 0 fully saturated rings. The molecule has 0 N–H and O–H groups in total. The summed E-state index contributed by atoms with van der Waals surface area (Å²) in [6.45, 7) is 4.60. The highest BCUT2D eigenvalue weighted by Crippen LogP contribution is 2.18. The lowest BCUT2D eigenvalue weighted by Crippen LogP contribution is -1.95. The van der Waals surface area contributed by atoms with Crippen molar-refractivity contribution in [3.8, 4) is 0 Å². The van der Waals surface area contributed by atoms with Gasteiger partial charge in [0.05, 0.1) is 0 Å². The van der Waals surface area contributed by atoms with Crippen LogP contribution in [0, 0.1) is 5.92 Å². The zero-order valence-electron chi connectivity index (χ0n) is 10.2. The van der Waals surface area contributed by atoms with Crippen LogP contribution in [0.2, 0.25) is 0 Å². The minimum absolute atomic E-state index is 0.839. The van der Waals surface area contributed by atoms with Crippen molar-refractivity contribution in [2.45, 2.75) is 33.1 Å². The Labute approximate surface area is 98.3 Å². The molecule has 1 unspecified atom stereocenters. The smallest absolute Gasteiger partial charge is 0.0181 e. The van der Waals surface area contributed by atoms with Crippen molar-refractivity contribution < 1.29 is 0 Å². The number of rotatable bonds is 4. The van der Waals surface area contributed by atoms with Gasteiger partial charge in [0.2, 0.25) is 0 Å². The van der Waals surface area contributed by atoms with Crippen molar-refractivity contribution in [2.75, 3.05) is 0 Å². The first-order valence-corrected chi connectivity index (χ1v) is 6.27. The minimum Gasteiger partial charge on any atom is -0.0651 e. The van der Waals surface area contributed by atoms with Crippen LogP contribution < -0.4 is 0 Å². The summed E-state index contributed by atoms with van der Waals surface area (Å²) in [5, 5.41) is 2.71. The molecule has 0 radical (unpaired) electrons. The normalized spacial score (nSPS) is 12.9. The van der Waals surface area contributed by atoms with E-state index in [1.54, 1.807) is 0 Å². The van der Waals surface area contributed by atoms with Crippen LogP contribution in [0.25, 0.3) is 10.8 Å². The van der Waals surface area contributed by atoms with Crippen molar-refractivity contribution in [2.24, 2.45) is 5.92 Å². The maximum atomic E-state index is 2.33. The van der Waals surface area contributed by atoms with Crippen LogP contribution in [0.15, 0.2) is 42.5 Å². The average Bonchev–Trinajstić information content (AvgIpc) is 2.35. The molecule has 0 aliphatic carbocycles. The molecule has 16 heavy (non-hydrogen) atoms. The van der Waals surface area contributed by atoms with Gasteiger partial charge in [0.15, 0.2) is 0 Å². The minimum atomic E-state index is 0.839. The van der Waals surface area contributed by atoms with E-state index < -0.39 is 0 Å². The van der Waals surface area contributed by atoms with Crippen molar-refractivity contribution in [1.29, 1.82) is 0 Å². The van der Waals surface area contributed by atoms with Crippen LogP contribution in [0.4, 0.5) is 0 Å². The molecule has 2 aromatic rings. The Kier molecular flexibility index (Phi) is 3.61. The highest BCUT2D eigenvalue weighted by molar-refractivity contribution is 5.82. The number of benzene rings is 2. The third-order valence-electron chi connectivity index (χ3n) is 3.44. The van der Waals surface area contributed by atoms with E-state index >= 15 is 0 Å². The maximum Gasteiger partial charge on any atom is -0.0181 e. The van der Waals surface area contributed by atoms with Crippen molar-refractivity contribution in [3.05, 3.63) is 48.0 Å². The van der Waals surface area contributed by atoms with E-state index in [-0.39, 0.29) is 0 Å². The molecule has 0 aliphatic heterocycles. The molecule has 0 nitrogen and oxygen atoms in total. The van der Waals surface area contributed by atoms with Crippen LogP contribution >= 0.6 is 0 Å². The van der Waals surface area contributed by atoms with Crippen molar-refractivity contribution in [3.63, 3.8) is 0 Å². The Morgan fingerprint density at radius 1 is 1.00 bits per heavy atom. The number of hydrogen-bond acceptors (Lipinski definition) is 0. The molecule has 0 aliphatic rings. The fourth-order valence-electron chi connectivity index (χ4n) is 2.01. The highest BCUT2D eigenvalue weighted by Gasteiger charge is 2.00. The maximum absolute atomic E-state index is 2.33. The van der Waals surface area contributed by atoms with Gasteiger partial charge in [0.25, 0.3) is 0 Å². The third kappa shape index (κ3) is 2.63. The van der Waals surface area contributed by atoms with Gasteiger partial charge in [-0.25, -0.2) is 0 Å². The van der Waals surface area contributed by atoms with Gasteiger partial charge in [0.1, 0.15) is 0 Å².